The van der Waals surface area contributed by atoms with Crippen LogP contribution < -0.4 is 0 Å². The molecule has 3 aliphatic rings. The van der Waals surface area contributed by atoms with E-state index in [-0.39, 0.29) is 22.4 Å². The molecule has 148 valence electrons. The van der Waals surface area contributed by atoms with Crippen molar-refractivity contribution in [2.45, 2.75) is 70.4 Å². The van der Waals surface area contributed by atoms with Crippen molar-refractivity contribution in [1.82, 2.24) is 9.21 Å². The van der Waals surface area contributed by atoms with Gasteiger partial charge in [-0.1, -0.05) is 28.6 Å². The molecule has 6 heteroatoms. The van der Waals surface area contributed by atoms with Crippen LogP contribution in [0.4, 0.5) is 4.79 Å². The molecule has 4 rings (SSSR count). The zero-order valence-electron chi connectivity index (χ0n) is 16.9. The number of rotatable bonds is 1. The minimum absolute atomic E-state index is 0.0473. The van der Waals surface area contributed by atoms with Gasteiger partial charge in [-0.3, -0.25) is 0 Å². The highest BCUT2D eigenvalue weighted by Crippen LogP contribution is 2.62. The summed E-state index contributed by atoms with van der Waals surface area (Å²) in [5.41, 5.74) is 2.26. The third-order valence-electron chi connectivity index (χ3n) is 6.22. The van der Waals surface area contributed by atoms with Crippen LogP contribution in [0, 0.1) is 5.41 Å². The molecule has 1 spiro atoms. The van der Waals surface area contributed by atoms with Crippen LogP contribution in [-0.2, 0) is 22.5 Å². The first kappa shape index (κ1) is 19.1. The monoisotopic (exact) mass is 390 g/mol. The van der Waals surface area contributed by atoms with Crippen LogP contribution in [-0.4, -0.2) is 43.4 Å². The summed E-state index contributed by atoms with van der Waals surface area (Å²) in [6.45, 7) is 11.2. The summed E-state index contributed by atoms with van der Waals surface area (Å²) < 4.78 is 20.4. The average molecular weight is 391 g/mol. The zero-order valence-corrected chi connectivity index (χ0v) is 17.8. The topological polar surface area (TPSA) is 55.6 Å². The summed E-state index contributed by atoms with van der Waals surface area (Å²) in [6.07, 6.45) is 2.60. The number of ether oxygens (including phenoxy) is 1. The average Bonchev–Trinajstić information content (AvgIpc) is 2.92. The van der Waals surface area contributed by atoms with Crippen LogP contribution in [0.3, 0.4) is 0 Å². The smallest absolute Gasteiger partial charge is 0.410 e. The Bertz CT molecular complexity index is 750. The maximum atomic E-state index is 12.6. The molecule has 0 bridgehead atoms. The molecule has 1 amide bonds. The number of hydrogen-bond acceptors (Lipinski definition) is 4. The minimum Gasteiger partial charge on any atom is -0.596 e. The van der Waals surface area contributed by atoms with E-state index in [1.807, 2.05) is 25.7 Å². The first-order chi connectivity index (χ1) is 12.6. The SMILES string of the molecule is CC(C)(C)OC(=O)N1CCC2(CC1)Cc1ccccc1[C@@H]2N1[S+]([O-])C1(C)C. The molecule has 1 aromatic carbocycles. The molecule has 1 aromatic rings. The van der Waals surface area contributed by atoms with E-state index >= 15 is 0 Å². The highest BCUT2D eigenvalue weighted by molar-refractivity contribution is 7.96. The summed E-state index contributed by atoms with van der Waals surface area (Å²) >= 11 is -0.937. The van der Waals surface area contributed by atoms with Gasteiger partial charge in [-0.15, -0.1) is 0 Å². The van der Waals surface area contributed by atoms with Crippen molar-refractivity contribution >= 4 is 17.5 Å². The maximum absolute atomic E-state index is 12.6. The first-order valence-electron chi connectivity index (χ1n) is 9.82. The quantitative estimate of drug-likeness (QED) is 0.537. The standard InChI is InChI=1S/C21H30N2O3S/c1-19(2,3)26-18(24)22-12-10-21(11-13-22)14-15-8-6-7-9-16(15)17(21)23-20(4,5)27(23)25/h6-9,17H,10-14H2,1-5H3/t17-,23?,27?/m0/s1. The highest BCUT2D eigenvalue weighted by Gasteiger charge is 2.71. The number of carbonyl (C=O) groups is 1. The normalized spacial score (nSPS) is 30.9. The van der Waals surface area contributed by atoms with E-state index in [1.165, 1.54) is 11.1 Å². The van der Waals surface area contributed by atoms with E-state index in [1.54, 1.807) is 0 Å². The molecule has 0 aromatic heterocycles. The van der Waals surface area contributed by atoms with Crippen LogP contribution in [0.5, 0.6) is 0 Å². The summed E-state index contributed by atoms with van der Waals surface area (Å²) in [5.74, 6) is 0. The lowest BCUT2D eigenvalue weighted by Gasteiger charge is -2.42. The molecule has 0 radical (unpaired) electrons. The van der Waals surface area contributed by atoms with Crippen LogP contribution in [0.15, 0.2) is 24.3 Å². The summed E-state index contributed by atoms with van der Waals surface area (Å²) in [6, 6.07) is 8.75. The summed E-state index contributed by atoms with van der Waals surface area (Å²) in [4.78, 5) is 14.0. The number of piperidine rings is 1. The van der Waals surface area contributed by atoms with Crippen LogP contribution in [0.2, 0.25) is 0 Å². The fourth-order valence-electron chi connectivity index (χ4n) is 4.79. The number of fused-ring (bicyclic) bond motifs is 1. The molecule has 2 saturated heterocycles. The van der Waals surface area contributed by atoms with E-state index in [9.17, 15) is 9.35 Å². The van der Waals surface area contributed by atoms with Gasteiger partial charge in [-0.05, 0) is 51.2 Å². The van der Waals surface area contributed by atoms with E-state index in [0.29, 0.717) is 13.1 Å². The lowest BCUT2D eigenvalue weighted by molar-refractivity contribution is 0.00143. The van der Waals surface area contributed by atoms with Gasteiger partial charge >= 0.3 is 6.09 Å². The second kappa shape index (κ2) is 6.13. The molecule has 2 aliphatic heterocycles. The third kappa shape index (κ3) is 3.15. The first-order valence-corrected chi connectivity index (χ1v) is 10.9. The summed E-state index contributed by atoms with van der Waals surface area (Å²) in [7, 11) is 0. The third-order valence-corrected chi connectivity index (χ3v) is 8.12. The molecule has 2 unspecified atom stereocenters. The van der Waals surface area contributed by atoms with Crippen LogP contribution >= 0.6 is 0 Å². The fourth-order valence-corrected chi connectivity index (χ4v) is 6.18. The van der Waals surface area contributed by atoms with Gasteiger partial charge in [0.2, 0.25) is 4.87 Å². The molecule has 0 saturated carbocycles. The van der Waals surface area contributed by atoms with Crippen molar-refractivity contribution in [1.29, 1.82) is 0 Å². The van der Waals surface area contributed by atoms with Gasteiger partial charge in [-0.2, -0.15) is 0 Å². The molecule has 2 fully saturated rings. The minimum atomic E-state index is -0.937. The van der Waals surface area contributed by atoms with Gasteiger partial charge in [0, 0.05) is 32.4 Å². The Hall–Kier alpha value is -1.24. The van der Waals surface area contributed by atoms with E-state index in [0.717, 1.165) is 19.3 Å². The number of hydrogen-bond donors (Lipinski definition) is 0. The Morgan fingerprint density at radius 3 is 2.37 bits per heavy atom. The van der Waals surface area contributed by atoms with Gasteiger partial charge in [0.15, 0.2) is 0 Å². The van der Waals surface area contributed by atoms with Crippen molar-refractivity contribution in [2.24, 2.45) is 5.41 Å². The Morgan fingerprint density at radius 1 is 1.22 bits per heavy atom. The lowest BCUT2D eigenvalue weighted by Crippen LogP contribution is -2.47. The van der Waals surface area contributed by atoms with E-state index in [2.05, 4.69) is 42.4 Å². The molecular formula is C21H30N2O3S. The maximum Gasteiger partial charge on any atom is 0.410 e. The Labute approximate surface area is 165 Å². The van der Waals surface area contributed by atoms with E-state index < -0.39 is 17.0 Å². The number of amides is 1. The second-order valence-corrected chi connectivity index (χ2v) is 11.5. The second-order valence-electron chi connectivity index (χ2n) is 9.63. The summed E-state index contributed by atoms with van der Waals surface area (Å²) in [5, 5.41) is 0. The molecule has 3 atom stereocenters. The van der Waals surface area contributed by atoms with Gasteiger partial charge in [0.1, 0.15) is 5.60 Å². The predicted octanol–water partition coefficient (Wildman–Crippen LogP) is 4.02. The van der Waals surface area contributed by atoms with Gasteiger partial charge in [-0.25, -0.2) is 4.79 Å². The van der Waals surface area contributed by atoms with Crippen LogP contribution in [0.25, 0.3) is 0 Å². The lowest BCUT2D eigenvalue weighted by atomic mass is 9.72. The van der Waals surface area contributed by atoms with Crippen molar-refractivity contribution in [3.8, 4) is 0 Å². The molecule has 2 heterocycles. The molecule has 1 aliphatic carbocycles. The Balaban J connectivity index is 1.56. The number of likely N-dealkylation sites (tertiary alicyclic amines) is 1. The molecule has 5 nitrogen and oxygen atoms in total. The number of nitrogens with zero attached hydrogens (tertiary/aromatic N) is 2. The van der Waals surface area contributed by atoms with Gasteiger partial charge in [0.05, 0.1) is 17.4 Å². The highest BCUT2D eigenvalue weighted by atomic mass is 32.2. The van der Waals surface area contributed by atoms with E-state index in [4.69, 9.17) is 4.74 Å². The van der Waals surface area contributed by atoms with Crippen LogP contribution in [0.1, 0.15) is 64.6 Å². The Morgan fingerprint density at radius 2 is 1.81 bits per heavy atom. The predicted molar refractivity (Wildman–Crippen MR) is 106 cm³/mol. The van der Waals surface area contributed by atoms with Crippen molar-refractivity contribution in [3.05, 3.63) is 35.4 Å². The van der Waals surface area contributed by atoms with Crippen molar-refractivity contribution in [3.63, 3.8) is 0 Å². The molecular weight excluding hydrogens is 360 g/mol. The van der Waals surface area contributed by atoms with Crippen molar-refractivity contribution < 1.29 is 14.1 Å². The molecule has 27 heavy (non-hydrogen) atoms. The van der Waals surface area contributed by atoms with Crippen molar-refractivity contribution in [2.75, 3.05) is 13.1 Å². The van der Waals surface area contributed by atoms with Gasteiger partial charge in [0.25, 0.3) is 0 Å². The molecule has 0 N–H and O–H groups in total. The number of carbonyl (C=O) groups excluding carboxylic acids is 1. The Kier molecular flexibility index (Phi) is 4.33. The largest absolute Gasteiger partial charge is 0.596 e. The number of benzene rings is 1. The fraction of sp³-hybridized carbons (Fsp3) is 0.667. The zero-order chi connectivity index (χ0) is 19.6. The van der Waals surface area contributed by atoms with Gasteiger partial charge < -0.3 is 14.2 Å².